The van der Waals surface area contributed by atoms with Crippen LogP contribution in [-0.4, -0.2) is 37.0 Å². The minimum absolute atomic E-state index is 0.0223. The number of rotatable bonds is 4. The topological polar surface area (TPSA) is 84.5 Å². The summed E-state index contributed by atoms with van der Waals surface area (Å²) in [5.74, 6) is -0.824. The SMILES string of the molecule is O=C1CCC(OC(=O)CNC(=O)c2ccccc2)CCN1. The van der Waals surface area contributed by atoms with E-state index in [0.717, 1.165) is 0 Å². The Morgan fingerprint density at radius 3 is 2.76 bits per heavy atom. The van der Waals surface area contributed by atoms with Crippen LogP contribution >= 0.6 is 0 Å². The van der Waals surface area contributed by atoms with E-state index in [9.17, 15) is 14.4 Å². The van der Waals surface area contributed by atoms with Crippen molar-refractivity contribution in [3.8, 4) is 0 Å². The summed E-state index contributed by atoms with van der Waals surface area (Å²) in [6.45, 7) is 0.332. The Balaban J connectivity index is 1.74. The minimum Gasteiger partial charge on any atom is -0.461 e. The fourth-order valence-corrected chi connectivity index (χ4v) is 2.09. The number of nitrogens with one attached hydrogen (secondary N) is 2. The van der Waals surface area contributed by atoms with E-state index in [1.54, 1.807) is 24.3 Å². The predicted octanol–water partition coefficient (Wildman–Crippen LogP) is 0.628. The summed E-state index contributed by atoms with van der Waals surface area (Å²) in [5.41, 5.74) is 0.495. The zero-order valence-electron chi connectivity index (χ0n) is 11.6. The molecule has 1 unspecified atom stereocenters. The van der Waals surface area contributed by atoms with Crippen molar-refractivity contribution in [2.24, 2.45) is 0 Å². The highest BCUT2D eigenvalue weighted by Gasteiger charge is 2.19. The highest BCUT2D eigenvalue weighted by molar-refractivity contribution is 5.95. The van der Waals surface area contributed by atoms with E-state index < -0.39 is 5.97 Å². The number of carbonyl (C=O) groups is 3. The lowest BCUT2D eigenvalue weighted by Crippen LogP contribution is -2.32. The van der Waals surface area contributed by atoms with Crippen molar-refractivity contribution >= 4 is 17.8 Å². The van der Waals surface area contributed by atoms with Crippen LogP contribution in [-0.2, 0) is 14.3 Å². The van der Waals surface area contributed by atoms with E-state index in [1.807, 2.05) is 6.07 Å². The fraction of sp³-hybridized carbons (Fsp3) is 0.400. The first-order chi connectivity index (χ1) is 10.1. The summed E-state index contributed by atoms with van der Waals surface area (Å²) in [4.78, 5) is 34.6. The van der Waals surface area contributed by atoms with Crippen LogP contribution in [0.5, 0.6) is 0 Å². The molecule has 1 saturated heterocycles. The third kappa shape index (κ3) is 4.91. The summed E-state index contributed by atoms with van der Waals surface area (Å²) in [6.07, 6.45) is 1.20. The molecule has 1 atom stereocenters. The van der Waals surface area contributed by atoms with Crippen molar-refractivity contribution in [3.63, 3.8) is 0 Å². The molecule has 6 nitrogen and oxygen atoms in total. The maximum absolute atomic E-state index is 11.8. The predicted molar refractivity (Wildman–Crippen MR) is 75.5 cm³/mol. The second kappa shape index (κ2) is 7.42. The molecule has 1 aliphatic rings. The number of benzene rings is 1. The summed E-state index contributed by atoms with van der Waals surface area (Å²) in [7, 11) is 0. The van der Waals surface area contributed by atoms with Gasteiger partial charge in [0, 0.05) is 24.9 Å². The lowest BCUT2D eigenvalue weighted by molar-refractivity contribution is -0.148. The number of hydrogen-bond donors (Lipinski definition) is 2. The second-order valence-electron chi connectivity index (χ2n) is 4.84. The molecule has 112 valence electrons. The van der Waals surface area contributed by atoms with Crippen LogP contribution in [0.15, 0.2) is 30.3 Å². The molecule has 0 spiro atoms. The smallest absolute Gasteiger partial charge is 0.325 e. The number of ether oxygens (including phenoxy) is 1. The van der Waals surface area contributed by atoms with Crippen LogP contribution in [0.2, 0.25) is 0 Å². The molecule has 1 fully saturated rings. The molecule has 1 aliphatic heterocycles. The van der Waals surface area contributed by atoms with Gasteiger partial charge in [0.1, 0.15) is 12.6 Å². The summed E-state index contributed by atoms with van der Waals surface area (Å²) < 4.78 is 5.26. The minimum atomic E-state index is -0.487. The van der Waals surface area contributed by atoms with Gasteiger partial charge in [0.2, 0.25) is 5.91 Å². The van der Waals surface area contributed by atoms with Gasteiger partial charge in [-0.15, -0.1) is 0 Å². The molecule has 0 bridgehead atoms. The summed E-state index contributed by atoms with van der Waals surface area (Å²) in [6, 6.07) is 8.66. The first-order valence-electron chi connectivity index (χ1n) is 6.94. The maximum atomic E-state index is 11.8. The van der Waals surface area contributed by atoms with Crippen LogP contribution in [0.3, 0.4) is 0 Å². The van der Waals surface area contributed by atoms with Crippen LogP contribution in [0.4, 0.5) is 0 Å². The van der Waals surface area contributed by atoms with Gasteiger partial charge in [0.05, 0.1) is 0 Å². The van der Waals surface area contributed by atoms with Crippen LogP contribution < -0.4 is 10.6 Å². The van der Waals surface area contributed by atoms with Gasteiger partial charge in [-0.1, -0.05) is 18.2 Å². The molecule has 0 saturated carbocycles. The molecule has 0 radical (unpaired) electrons. The molecule has 21 heavy (non-hydrogen) atoms. The number of carbonyl (C=O) groups excluding carboxylic acids is 3. The van der Waals surface area contributed by atoms with Crippen molar-refractivity contribution in [1.82, 2.24) is 10.6 Å². The lowest BCUT2D eigenvalue weighted by Gasteiger charge is -2.15. The molecule has 2 rings (SSSR count). The van der Waals surface area contributed by atoms with Crippen molar-refractivity contribution in [2.75, 3.05) is 13.1 Å². The summed E-state index contributed by atoms with van der Waals surface area (Å²) >= 11 is 0. The Morgan fingerprint density at radius 2 is 2.00 bits per heavy atom. The van der Waals surface area contributed by atoms with Gasteiger partial charge in [-0.05, 0) is 18.6 Å². The highest BCUT2D eigenvalue weighted by atomic mass is 16.5. The van der Waals surface area contributed by atoms with Gasteiger partial charge in [0.25, 0.3) is 5.91 Å². The van der Waals surface area contributed by atoms with Gasteiger partial charge in [0.15, 0.2) is 0 Å². The Hall–Kier alpha value is -2.37. The zero-order chi connectivity index (χ0) is 15.1. The van der Waals surface area contributed by atoms with Gasteiger partial charge >= 0.3 is 5.97 Å². The third-order valence-corrected chi connectivity index (χ3v) is 3.21. The normalized spacial score (nSPS) is 18.3. The van der Waals surface area contributed by atoms with Crippen LogP contribution in [0, 0.1) is 0 Å². The molecular weight excluding hydrogens is 272 g/mol. The number of esters is 1. The van der Waals surface area contributed by atoms with E-state index in [1.165, 1.54) is 0 Å². The average Bonchev–Trinajstić information content (AvgIpc) is 2.70. The molecule has 6 heteroatoms. The maximum Gasteiger partial charge on any atom is 0.325 e. The van der Waals surface area contributed by atoms with Crippen molar-refractivity contribution in [1.29, 1.82) is 0 Å². The molecule has 1 heterocycles. The first kappa shape index (κ1) is 15.0. The van der Waals surface area contributed by atoms with Gasteiger partial charge in [-0.3, -0.25) is 14.4 Å². The standard InChI is InChI=1S/C15H18N2O4/c18-13-7-6-12(8-9-16-13)21-14(19)10-17-15(20)11-4-2-1-3-5-11/h1-5,12H,6-10H2,(H,16,18)(H,17,20). The van der Waals surface area contributed by atoms with E-state index in [-0.39, 0.29) is 24.5 Å². The van der Waals surface area contributed by atoms with Gasteiger partial charge in [-0.2, -0.15) is 0 Å². The second-order valence-corrected chi connectivity index (χ2v) is 4.84. The molecule has 0 aliphatic carbocycles. The summed E-state index contributed by atoms with van der Waals surface area (Å²) in [5, 5.41) is 5.24. The molecule has 0 aromatic heterocycles. The monoisotopic (exact) mass is 290 g/mol. The van der Waals surface area contributed by atoms with E-state index in [4.69, 9.17) is 4.74 Å². The van der Waals surface area contributed by atoms with Crippen LogP contribution in [0.1, 0.15) is 29.6 Å². The molecule has 1 aromatic carbocycles. The molecular formula is C15H18N2O4. The lowest BCUT2D eigenvalue weighted by atomic mass is 10.1. The van der Waals surface area contributed by atoms with Crippen molar-refractivity contribution < 1.29 is 19.1 Å². The Labute approximate surface area is 122 Å². The number of amides is 2. The average molecular weight is 290 g/mol. The first-order valence-corrected chi connectivity index (χ1v) is 6.94. The molecule has 1 aromatic rings. The van der Waals surface area contributed by atoms with Crippen molar-refractivity contribution in [2.45, 2.75) is 25.4 Å². The van der Waals surface area contributed by atoms with Gasteiger partial charge in [-0.25, -0.2) is 0 Å². The number of hydrogen-bond acceptors (Lipinski definition) is 4. The van der Waals surface area contributed by atoms with Crippen molar-refractivity contribution in [3.05, 3.63) is 35.9 Å². The third-order valence-electron chi connectivity index (χ3n) is 3.21. The molecule has 2 N–H and O–H groups in total. The Kier molecular flexibility index (Phi) is 5.31. The zero-order valence-corrected chi connectivity index (χ0v) is 11.6. The Morgan fingerprint density at radius 1 is 1.24 bits per heavy atom. The van der Waals surface area contributed by atoms with E-state index >= 15 is 0 Å². The van der Waals surface area contributed by atoms with Gasteiger partial charge < -0.3 is 15.4 Å². The van der Waals surface area contributed by atoms with E-state index in [0.29, 0.717) is 31.4 Å². The highest BCUT2D eigenvalue weighted by Crippen LogP contribution is 2.10. The molecule has 2 amide bonds. The quantitative estimate of drug-likeness (QED) is 0.797. The largest absolute Gasteiger partial charge is 0.461 e. The van der Waals surface area contributed by atoms with E-state index in [2.05, 4.69) is 10.6 Å². The Bertz CT molecular complexity index is 516. The van der Waals surface area contributed by atoms with Crippen LogP contribution in [0.25, 0.3) is 0 Å². The fourth-order valence-electron chi connectivity index (χ4n) is 2.09.